The van der Waals surface area contributed by atoms with E-state index < -0.39 is 6.04 Å². The first-order valence-electron chi connectivity index (χ1n) is 9.03. The summed E-state index contributed by atoms with van der Waals surface area (Å²) >= 11 is 5.41. The SMILES string of the molecule is CCN=C([S-])[C@H](C(=O)c1ccc(F)cc1)[n+]1ccc(C(CC)CC)cc1. The number of aliphatic imine (C=N–C) groups is 1. The largest absolute Gasteiger partial charge is 0.758 e. The van der Waals surface area contributed by atoms with Gasteiger partial charge in [0.2, 0.25) is 11.8 Å². The number of rotatable bonds is 8. The summed E-state index contributed by atoms with van der Waals surface area (Å²) in [7, 11) is 0. The van der Waals surface area contributed by atoms with Crippen molar-refractivity contribution >= 4 is 23.5 Å². The molecule has 1 atom stereocenters. The molecule has 138 valence electrons. The molecule has 2 rings (SSSR count). The highest BCUT2D eigenvalue weighted by Gasteiger charge is 2.28. The highest BCUT2D eigenvalue weighted by atomic mass is 32.1. The Hall–Kier alpha value is -2.14. The molecule has 0 unspecified atom stereocenters. The number of hydrogen-bond donors (Lipinski definition) is 0. The molecule has 0 spiro atoms. The third-order valence-corrected chi connectivity index (χ3v) is 4.91. The summed E-state index contributed by atoms with van der Waals surface area (Å²) in [6, 6.07) is 8.91. The molecule has 2 aromatic rings. The van der Waals surface area contributed by atoms with Crippen molar-refractivity contribution in [3.63, 3.8) is 0 Å². The first-order valence-corrected chi connectivity index (χ1v) is 9.44. The number of benzene rings is 1. The van der Waals surface area contributed by atoms with Crippen LogP contribution in [0.1, 0.15) is 61.5 Å². The fourth-order valence-electron chi connectivity index (χ4n) is 3.04. The topological polar surface area (TPSA) is 33.3 Å². The molecule has 0 aliphatic heterocycles. The number of halogens is 1. The molecule has 0 aliphatic rings. The molecule has 5 heteroatoms. The lowest BCUT2D eigenvalue weighted by Gasteiger charge is -2.19. The molecule has 0 N–H and O–H groups in total. The van der Waals surface area contributed by atoms with E-state index >= 15 is 0 Å². The van der Waals surface area contributed by atoms with Gasteiger partial charge in [-0.05, 0) is 60.6 Å². The summed E-state index contributed by atoms with van der Waals surface area (Å²) in [5.74, 6) is -0.0586. The molecule has 3 nitrogen and oxygen atoms in total. The second-order valence-electron chi connectivity index (χ2n) is 6.18. The van der Waals surface area contributed by atoms with Gasteiger partial charge >= 0.3 is 0 Å². The minimum absolute atomic E-state index is 0.188. The number of aromatic nitrogens is 1. The van der Waals surface area contributed by atoms with Crippen LogP contribution in [0, 0.1) is 5.82 Å². The Morgan fingerprint density at radius 2 is 1.65 bits per heavy atom. The van der Waals surface area contributed by atoms with Crippen LogP contribution in [0.5, 0.6) is 0 Å². The Bertz CT molecular complexity index is 753. The summed E-state index contributed by atoms with van der Waals surface area (Å²) in [6.07, 6.45) is 5.92. The maximum Gasteiger partial charge on any atom is 0.237 e. The van der Waals surface area contributed by atoms with Crippen LogP contribution in [-0.4, -0.2) is 17.4 Å². The third kappa shape index (κ3) is 4.73. The van der Waals surface area contributed by atoms with Crippen LogP contribution in [0.3, 0.4) is 0 Å². The molecular formula is C21H25FN2OS. The maximum absolute atomic E-state index is 13.2. The predicted molar refractivity (Wildman–Crippen MR) is 105 cm³/mol. The van der Waals surface area contributed by atoms with Crippen LogP contribution in [-0.2, 0) is 12.6 Å². The Balaban J connectivity index is 2.40. The van der Waals surface area contributed by atoms with Gasteiger partial charge in [-0.1, -0.05) is 13.8 Å². The quantitative estimate of drug-likeness (QED) is 0.226. The van der Waals surface area contributed by atoms with E-state index in [1.54, 1.807) is 4.57 Å². The van der Waals surface area contributed by atoms with E-state index in [1.807, 2.05) is 31.5 Å². The fraction of sp³-hybridized carbons (Fsp3) is 0.381. The molecule has 0 amide bonds. The number of hydrogen-bond acceptors (Lipinski definition) is 3. The summed E-state index contributed by atoms with van der Waals surface area (Å²) in [5, 5.41) is 0.335. The second-order valence-corrected chi connectivity index (χ2v) is 6.60. The minimum atomic E-state index is -0.703. The van der Waals surface area contributed by atoms with Gasteiger partial charge in [-0.3, -0.25) is 4.79 Å². The van der Waals surface area contributed by atoms with E-state index in [1.165, 1.54) is 29.8 Å². The molecular weight excluding hydrogens is 347 g/mol. The van der Waals surface area contributed by atoms with Crippen molar-refractivity contribution in [3.05, 3.63) is 65.7 Å². The number of Topliss-reactive ketones (excluding diaryl/α,β-unsaturated/α-hetero) is 1. The van der Waals surface area contributed by atoms with Gasteiger partial charge in [-0.15, -0.1) is 0 Å². The number of ketones is 1. The van der Waals surface area contributed by atoms with E-state index in [0.717, 1.165) is 12.8 Å². The second kappa shape index (κ2) is 9.53. The standard InChI is InChI=1S/C21H25FN2OS/c1-4-15(5-2)16-11-13-24(14-12-16)19(21(26)23-6-3)20(25)17-7-9-18(22)10-8-17/h7-15,19H,4-6H2,1-3H3/t19-/m0/s1. The van der Waals surface area contributed by atoms with Gasteiger partial charge in [0.05, 0.1) is 0 Å². The summed E-state index contributed by atoms with van der Waals surface area (Å²) in [5.41, 5.74) is 1.67. The summed E-state index contributed by atoms with van der Waals surface area (Å²) in [6.45, 7) is 6.74. The summed E-state index contributed by atoms with van der Waals surface area (Å²) in [4.78, 5) is 17.3. The van der Waals surface area contributed by atoms with Gasteiger partial charge < -0.3 is 17.6 Å². The molecule has 0 saturated carbocycles. The molecule has 26 heavy (non-hydrogen) atoms. The fourth-order valence-corrected chi connectivity index (χ4v) is 3.40. The molecule has 0 bridgehead atoms. The van der Waals surface area contributed by atoms with Crippen LogP contribution in [0.15, 0.2) is 53.8 Å². The number of nitrogens with zero attached hydrogens (tertiary/aromatic N) is 2. The van der Waals surface area contributed by atoms with Crippen molar-refractivity contribution in [1.82, 2.24) is 0 Å². The Morgan fingerprint density at radius 3 is 2.15 bits per heavy atom. The first-order chi connectivity index (χ1) is 12.5. The van der Waals surface area contributed by atoms with Crippen molar-refractivity contribution in [2.45, 2.75) is 45.6 Å². The van der Waals surface area contributed by atoms with Crippen LogP contribution in [0.4, 0.5) is 4.39 Å². The van der Waals surface area contributed by atoms with E-state index in [0.29, 0.717) is 23.1 Å². The van der Waals surface area contributed by atoms with E-state index in [4.69, 9.17) is 12.6 Å². The molecule has 0 fully saturated rings. The van der Waals surface area contributed by atoms with Gasteiger partial charge in [0.15, 0.2) is 12.4 Å². The Kier molecular flexibility index (Phi) is 7.39. The molecule has 0 radical (unpaired) electrons. The molecule has 1 heterocycles. The lowest BCUT2D eigenvalue weighted by atomic mass is 9.95. The zero-order valence-electron chi connectivity index (χ0n) is 15.5. The van der Waals surface area contributed by atoms with Gasteiger partial charge in [-0.25, -0.2) is 4.39 Å². The lowest BCUT2D eigenvalue weighted by molar-refractivity contribution is -0.692. The van der Waals surface area contributed by atoms with Crippen LogP contribution in [0.2, 0.25) is 0 Å². The smallest absolute Gasteiger partial charge is 0.237 e. The van der Waals surface area contributed by atoms with Crippen molar-refractivity contribution in [2.75, 3.05) is 6.54 Å². The van der Waals surface area contributed by atoms with Gasteiger partial charge in [0, 0.05) is 24.2 Å². The first kappa shape index (κ1) is 20.2. The van der Waals surface area contributed by atoms with Gasteiger partial charge in [0.25, 0.3) is 0 Å². The van der Waals surface area contributed by atoms with Crippen LogP contribution >= 0.6 is 0 Å². The van der Waals surface area contributed by atoms with Crippen molar-refractivity contribution in [1.29, 1.82) is 0 Å². The van der Waals surface area contributed by atoms with Crippen molar-refractivity contribution in [2.24, 2.45) is 4.99 Å². The molecule has 1 aromatic carbocycles. The zero-order chi connectivity index (χ0) is 19.1. The number of carbonyl (C=O) groups is 1. The normalized spacial score (nSPS) is 13.0. The van der Waals surface area contributed by atoms with Crippen molar-refractivity contribution in [3.8, 4) is 0 Å². The van der Waals surface area contributed by atoms with Crippen LogP contribution in [0.25, 0.3) is 0 Å². The summed E-state index contributed by atoms with van der Waals surface area (Å²) < 4.78 is 15.0. The zero-order valence-corrected chi connectivity index (χ0v) is 16.3. The highest BCUT2D eigenvalue weighted by Crippen LogP contribution is 2.22. The Morgan fingerprint density at radius 1 is 1.08 bits per heavy atom. The number of pyridine rings is 1. The monoisotopic (exact) mass is 372 g/mol. The molecule has 1 aromatic heterocycles. The highest BCUT2D eigenvalue weighted by molar-refractivity contribution is 7.77. The molecule has 0 saturated heterocycles. The Labute approximate surface area is 160 Å². The van der Waals surface area contributed by atoms with Crippen molar-refractivity contribution < 1.29 is 13.8 Å². The average Bonchev–Trinajstić information content (AvgIpc) is 2.65. The lowest BCUT2D eigenvalue weighted by Crippen LogP contribution is -2.47. The van der Waals surface area contributed by atoms with Crippen LogP contribution < -0.4 is 4.57 Å². The van der Waals surface area contributed by atoms with Gasteiger partial charge in [-0.2, -0.15) is 4.57 Å². The van der Waals surface area contributed by atoms with E-state index in [2.05, 4.69) is 18.8 Å². The van der Waals surface area contributed by atoms with Gasteiger partial charge in [0.1, 0.15) is 5.82 Å². The maximum atomic E-state index is 13.2. The molecule has 0 aliphatic carbocycles. The average molecular weight is 373 g/mol. The van der Waals surface area contributed by atoms with E-state index in [-0.39, 0.29) is 11.6 Å². The predicted octanol–water partition coefficient (Wildman–Crippen LogP) is 4.41. The number of carbonyl (C=O) groups excluding carboxylic acids is 1. The van der Waals surface area contributed by atoms with E-state index in [9.17, 15) is 9.18 Å². The minimum Gasteiger partial charge on any atom is -0.758 e. The third-order valence-electron chi connectivity index (χ3n) is 4.56.